The zero-order valence-electron chi connectivity index (χ0n) is 27.6. The van der Waals surface area contributed by atoms with Crippen LogP contribution in [-0.4, -0.2) is 123 Å². The van der Waals surface area contributed by atoms with Crippen molar-refractivity contribution in [2.45, 2.75) is 45.7 Å². The second-order valence-corrected chi connectivity index (χ2v) is 12.9. The summed E-state index contributed by atoms with van der Waals surface area (Å²) in [5, 5.41) is 21.9. The van der Waals surface area contributed by atoms with Crippen LogP contribution in [-0.2, 0) is 40.4 Å². The number of rotatable bonds is 9. The summed E-state index contributed by atoms with van der Waals surface area (Å²) in [7, 11) is 1.72. The molecule has 0 spiro atoms. The van der Waals surface area contributed by atoms with Crippen LogP contribution < -0.4 is 5.32 Å². The second kappa shape index (κ2) is 15.3. The van der Waals surface area contributed by atoms with Crippen molar-refractivity contribution in [1.29, 1.82) is 0 Å². The molecule has 50 heavy (non-hydrogen) atoms. The van der Waals surface area contributed by atoms with Crippen LogP contribution in [0.5, 0.6) is 5.75 Å². The Balaban J connectivity index is 0.00000432. The van der Waals surface area contributed by atoms with Gasteiger partial charge in [0.15, 0.2) is 0 Å². The highest BCUT2D eigenvalue weighted by Gasteiger charge is 2.50. The lowest BCUT2D eigenvalue weighted by molar-refractivity contribution is -0.187. The number of nitrogens with zero attached hydrogens (tertiary/aromatic N) is 7. The number of benzene rings is 3. The summed E-state index contributed by atoms with van der Waals surface area (Å²) >= 11 is 0. The molecule has 1 aromatic heterocycles. The first kappa shape index (κ1) is 34.9. The summed E-state index contributed by atoms with van der Waals surface area (Å²) in [6.07, 6.45) is 1.56. The van der Waals surface area contributed by atoms with Crippen LogP contribution in [0.15, 0.2) is 79.0 Å². The highest BCUT2D eigenvalue weighted by Crippen LogP contribution is 2.30. The van der Waals surface area contributed by atoms with E-state index in [1.165, 1.54) is 0 Å². The van der Waals surface area contributed by atoms with Gasteiger partial charge in [-0.15, -0.1) is 0 Å². The Hall–Kier alpha value is -4.98. The number of ether oxygens (including phenoxy) is 1. The normalized spacial score (nSPS) is 20.1. The minimum Gasteiger partial charge on any atom is -0.508 e. The van der Waals surface area contributed by atoms with E-state index in [0.29, 0.717) is 13.1 Å². The van der Waals surface area contributed by atoms with Crippen LogP contribution in [0.25, 0.3) is 10.9 Å². The fourth-order valence-electron chi connectivity index (χ4n) is 7.04. The number of nitrogens with one attached hydrogen (secondary N) is 1. The number of fused-ring (bicyclic) bond motifs is 2. The smallest absolute Gasteiger partial charge is 0.334 e. The molecule has 3 aromatic carbocycles. The van der Waals surface area contributed by atoms with Gasteiger partial charge < -0.3 is 25.0 Å². The van der Waals surface area contributed by atoms with E-state index in [4.69, 9.17) is 9.84 Å². The third kappa shape index (κ3) is 7.44. The number of amides is 4. The van der Waals surface area contributed by atoms with Gasteiger partial charge in [0.2, 0.25) is 11.8 Å². The van der Waals surface area contributed by atoms with E-state index in [-0.39, 0.29) is 50.5 Å². The van der Waals surface area contributed by atoms with Crippen LogP contribution in [0.3, 0.4) is 0 Å². The van der Waals surface area contributed by atoms with Crippen molar-refractivity contribution in [3.05, 3.63) is 95.7 Å². The predicted octanol–water partition coefficient (Wildman–Crippen LogP) is 2.89. The molecule has 3 fully saturated rings. The number of hydrogen-bond donors (Lipinski definition) is 2. The molecule has 0 radical (unpaired) electrons. The fraction of sp³-hybridized carbons (Fsp3) is 0.405. The third-order valence-electron chi connectivity index (χ3n) is 9.60. The summed E-state index contributed by atoms with van der Waals surface area (Å²) in [5.41, 5.74) is 3.54. The number of hydrogen-bond acceptors (Lipinski definition) is 8. The van der Waals surface area contributed by atoms with Gasteiger partial charge in [-0.25, -0.2) is 14.8 Å². The topological polar surface area (TPSA) is 127 Å². The van der Waals surface area contributed by atoms with Gasteiger partial charge in [0.05, 0.1) is 38.4 Å². The molecule has 2 N–H and O–H groups in total. The Kier molecular flexibility index (Phi) is 10.7. The van der Waals surface area contributed by atoms with Gasteiger partial charge in [-0.3, -0.25) is 19.2 Å². The molecule has 4 heterocycles. The molecule has 2 atom stereocenters. The zero-order valence-corrected chi connectivity index (χ0v) is 27.6. The van der Waals surface area contributed by atoms with Crippen molar-refractivity contribution in [3.63, 3.8) is 0 Å². The first-order valence-corrected chi connectivity index (χ1v) is 16.8. The first-order valence-electron chi connectivity index (χ1n) is 16.8. The molecule has 7 rings (SSSR count). The van der Waals surface area contributed by atoms with Gasteiger partial charge in [0, 0.05) is 57.8 Å². The standard InChI is InChI=1S/C36H42N8O5.CH4/c1-39-25-34(46)43-32(20-26-10-12-29(45)13-11-26)35(47)41(24-33(43)44(39)36(48)37-21-27-6-3-2-4-7-27)22-28-8-5-9-31-30(28)23-42(38-31)15-14-40-16-18-49-19-17-40;/h2-13,23,32-33,45H,14-22,24-25H2,1H3,(H,37,48);1H4/t32-,33-;/m0./s1. The maximum absolute atomic E-state index is 14.4. The van der Waals surface area contributed by atoms with E-state index >= 15 is 0 Å². The van der Waals surface area contributed by atoms with Crippen LogP contribution in [0.4, 0.5) is 4.79 Å². The Morgan fingerprint density at radius 2 is 1.72 bits per heavy atom. The maximum atomic E-state index is 14.4. The molecule has 3 saturated heterocycles. The summed E-state index contributed by atoms with van der Waals surface area (Å²) in [6.45, 7) is 5.63. The molecule has 0 aliphatic carbocycles. The molecular formula is C37H46N8O5. The summed E-state index contributed by atoms with van der Waals surface area (Å²) < 4.78 is 7.44. The summed E-state index contributed by atoms with van der Waals surface area (Å²) in [6, 6.07) is 21.0. The van der Waals surface area contributed by atoms with Crippen LogP contribution >= 0.6 is 0 Å². The number of likely N-dealkylation sites (N-methyl/N-ethyl adjacent to an activating group) is 1. The van der Waals surface area contributed by atoms with Crippen molar-refractivity contribution in [3.8, 4) is 5.75 Å². The molecular weight excluding hydrogens is 636 g/mol. The number of carbonyl (C=O) groups excluding carboxylic acids is 3. The number of carbonyl (C=O) groups is 3. The Bertz CT molecular complexity index is 1790. The molecule has 13 nitrogen and oxygen atoms in total. The van der Waals surface area contributed by atoms with Crippen LogP contribution in [0.1, 0.15) is 24.1 Å². The monoisotopic (exact) mass is 682 g/mol. The van der Waals surface area contributed by atoms with Crippen LogP contribution in [0.2, 0.25) is 0 Å². The number of aromatic hydroxyl groups is 1. The minimum atomic E-state index is -0.843. The third-order valence-corrected chi connectivity index (χ3v) is 9.60. The van der Waals surface area contributed by atoms with E-state index in [9.17, 15) is 19.5 Å². The highest BCUT2D eigenvalue weighted by atomic mass is 16.5. The van der Waals surface area contributed by atoms with Crippen molar-refractivity contribution in [2.24, 2.45) is 0 Å². The van der Waals surface area contributed by atoms with E-state index in [0.717, 1.165) is 67.0 Å². The van der Waals surface area contributed by atoms with Gasteiger partial charge in [-0.2, -0.15) is 5.10 Å². The average molecular weight is 683 g/mol. The number of aromatic nitrogens is 2. The Morgan fingerprint density at radius 1 is 0.960 bits per heavy atom. The van der Waals surface area contributed by atoms with Gasteiger partial charge in [-0.1, -0.05) is 62.0 Å². The molecule has 0 saturated carbocycles. The largest absolute Gasteiger partial charge is 0.508 e. The number of phenolic OH excluding ortho intramolecular Hbond substituents is 1. The first-order chi connectivity index (χ1) is 23.8. The number of phenols is 1. The molecule has 4 aromatic rings. The number of morpholine rings is 1. The summed E-state index contributed by atoms with van der Waals surface area (Å²) in [5.74, 6) is -0.294. The van der Waals surface area contributed by atoms with E-state index in [2.05, 4.69) is 10.2 Å². The summed E-state index contributed by atoms with van der Waals surface area (Å²) in [4.78, 5) is 47.6. The fourth-order valence-corrected chi connectivity index (χ4v) is 7.04. The molecule has 0 unspecified atom stereocenters. The molecule has 264 valence electrons. The highest BCUT2D eigenvalue weighted by molar-refractivity contribution is 5.92. The minimum absolute atomic E-state index is 0. The molecule has 3 aliphatic heterocycles. The zero-order chi connectivity index (χ0) is 33.9. The lowest BCUT2D eigenvalue weighted by Gasteiger charge is -2.54. The SMILES string of the molecule is C.CN1CC(=O)N2[C@@H](Cc3ccc(O)cc3)C(=O)N(Cc3cccc4nn(CCN5CCOCC5)cc34)C[C@@H]2N1C(=O)NCc1ccccc1. The number of hydrazine groups is 1. The second-order valence-electron chi connectivity index (χ2n) is 12.9. The van der Waals surface area contributed by atoms with Gasteiger partial charge in [0.1, 0.15) is 18.0 Å². The quantitative estimate of drug-likeness (QED) is 0.276. The van der Waals surface area contributed by atoms with Crippen molar-refractivity contribution in [1.82, 2.24) is 39.8 Å². The number of piperazine rings is 1. The van der Waals surface area contributed by atoms with Crippen LogP contribution in [0, 0.1) is 0 Å². The molecule has 4 amide bonds. The molecule has 0 bridgehead atoms. The molecule has 13 heteroatoms. The number of urea groups is 1. The van der Waals surface area contributed by atoms with Gasteiger partial charge in [-0.05, 0) is 34.9 Å². The van der Waals surface area contributed by atoms with Crippen molar-refractivity contribution < 1.29 is 24.2 Å². The van der Waals surface area contributed by atoms with Crippen molar-refractivity contribution in [2.75, 3.05) is 53.0 Å². The van der Waals surface area contributed by atoms with Gasteiger partial charge in [0.25, 0.3) is 0 Å². The predicted molar refractivity (Wildman–Crippen MR) is 189 cm³/mol. The Morgan fingerprint density at radius 3 is 2.48 bits per heavy atom. The average Bonchev–Trinajstić information content (AvgIpc) is 3.54. The Labute approximate surface area is 292 Å². The maximum Gasteiger partial charge on any atom is 0.334 e. The van der Waals surface area contributed by atoms with E-state index in [1.54, 1.807) is 51.1 Å². The van der Waals surface area contributed by atoms with Crippen molar-refractivity contribution >= 4 is 28.7 Å². The lowest BCUT2D eigenvalue weighted by atomic mass is 9.98. The van der Waals surface area contributed by atoms with Gasteiger partial charge >= 0.3 is 6.03 Å². The van der Waals surface area contributed by atoms with E-state index < -0.39 is 12.2 Å². The lowest BCUT2D eigenvalue weighted by Crippen LogP contribution is -2.76. The molecule has 3 aliphatic rings. The van der Waals surface area contributed by atoms with E-state index in [1.807, 2.05) is 59.4 Å².